The highest BCUT2D eigenvalue weighted by Crippen LogP contribution is 2.31. The van der Waals surface area contributed by atoms with Gasteiger partial charge in [0.05, 0.1) is 26.1 Å². The maximum Gasteiger partial charge on any atom is 0.239 e. The van der Waals surface area contributed by atoms with Crippen molar-refractivity contribution >= 4 is 17.5 Å². The second-order valence-electron chi connectivity index (χ2n) is 3.73. The van der Waals surface area contributed by atoms with E-state index in [-0.39, 0.29) is 11.8 Å². The molecule has 0 aliphatic carbocycles. The molecule has 8 heteroatoms. The molecule has 20 heavy (non-hydrogen) atoms. The van der Waals surface area contributed by atoms with Crippen molar-refractivity contribution in [2.45, 2.75) is 0 Å². The molecular weight excluding hydrogens is 265 g/mol. The summed E-state index contributed by atoms with van der Waals surface area (Å²) in [6.45, 7) is 0. The van der Waals surface area contributed by atoms with E-state index in [1.807, 2.05) is 0 Å². The first-order valence-electron chi connectivity index (χ1n) is 5.66. The predicted octanol–water partition coefficient (Wildman–Crippen LogP) is 1.66. The summed E-state index contributed by atoms with van der Waals surface area (Å²) in [5.41, 5.74) is 2.78. The number of nitrogens with two attached hydrogens (primary N) is 1. The van der Waals surface area contributed by atoms with Crippen molar-refractivity contribution in [1.29, 1.82) is 0 Å². The molecule has 0 bridgehead atoms. The number of nitrogens with zero attached hydrogens (tertiary/aromatic N) is 2. The second kappa shape index (κ2) is 6.02. The zero-order valence-corrected chi connectivity index (χ0v) is 11.0. The van der Waals surface area contributed by atoms with Crippen molar-refractivity contribution in [3.05, 3.63) is 30.2 Å². The van der Waals surface area contributed by atoms with E-state index in [1.54, 1.807) is 25.3 Å². The van der Waals surface area contributed by atoms with E-state index >= 15 is 0 Å². The van der Waals surface area contributed by atoms with E-state index in [1.165, 1.54) is 7.11 Å². The molecule has 0 aliphatic heterocycles. The van der Waals surface area contributed by atoms with Gasteiger partial charge >= 0.3 is 0 Å². The quantitative estimate of drug-likeness (QED) is 0.566. The molecule has 0 saturated heterocycles. The van der Waals surface area contributed by atoms with Crippen molar-refractivity contribution in [2.24, 2.45) is 5.84 Å². The molecule has 2 rings (SSSR count). The van der Waals surface area contributed by atoms with Crippen LogP contribution in [0.25, 0.3) is 0 Å². The molecule has 1 heterocycles. The Labute approximate surface area is 114 Å². The number of hydrazine groups is 1. The minimum atomic E-state index is -0.609. The van der Waals surface area contributed by atoms with Gasteiger partial charge in [0.1, 0.15) is 11.5 Å². The molecule has 0 unspecified atom stereocenters. The molecule has 0 aliphatic rings. The highest BCUT2D eigenvalue weighted by Gasteiger charge is 2.10. The van der Waals surface area contributed by atoms with Crippen LogP contribution in [-0.4, -0.2) is 24.2 Å². The summed E-state index contributed by atoms with van der Waals surface area (Å²) in [5, 5.41) is 2.82. The average Bonchev–Trinajstić information content (AvgIpc) is 2.49. The van der Waals surface area contributed by atoms with Crippen LogP contribution < -0.4 is 26.1 Å². The molecule has 0 spiro atoms. The second-order valence-corrected chi connectivity index (χ2v) is 3.73. The molecule has 0 amide bonds. The molecular formula is C12H14FN5O2. The SMILES string of the molecule is COc1ccc(Nc2nc(NN)ncc2F)c(OC)c1. The number of aromatic nitrogens is 2. The van der Waals surface area contributed by atoms with Crippen LogP contribution in [0.1, 0.15) is 0 Å². The third-order valence-electron chi connectivity index (χ3n) is 2.53. The largest absolute Gasteiger partial charge is 0.497 e. The van der Waals surface area contributed by atoms with E-state index in [0.29, 0.717) is 17.2 Å². The lowest BCUT2D eigenvalue weighted by molar-refractivity contribution is 0.395. The average molecular weight is 279 g/mol. The lowest BCUT2D eigenvalue weighted by atomic mass is 10.2. The third-order valence-corrected chi connectivity index (χ3v) is 2.53. The van der Waals surface area contributed by atoms with Gasteiger partial charge in [-0.15, -0.1) is 0 Å². The van der Waals surface area contributed by atoms with E-state index in [9.17, 15) is 4.39 Å². The number of rotatable bonds is 5. The molecule has 1 aromatic carbocycles. The number of halogens is 1. The number of hydrogen-bond donors (Lipinski definition) is 3. The smallest absolute Gasteiger partial charge is 0.239 e. The summed E-state index contributed by atoms with van der Waals surface area (Å²) in [6, 6.07) is 5.07. The number of nitrogens with one attached hydrogen (secondary N) is 2. The van der Waals surface area contributed by atoms with Gasteiger partial charge in [0.25, 0.3) is 0 Å². The summed E-state index contributed by atoms with van der Waals surface area (Å²) in [4.78, 5) is 7.54. The maximum absolute atomic E-state index is 13.7. The summed E-state index contributed by atoms with van der Waals surface area (Å²) >= 11 is 0. The summed E-state index contributed by atoms with van der Waals surface area (Å²) in [7, 11) is 3.05. The van der Waals surface area contributed by atoms with Crippen molar-refractivity contribution < 1.29 is 13.9 Å². The fourth-order valence-electron chi connectivity index (χ4n) is 1.55. The van der Waals surface area contributed by atoms with Gasteiger partial charge in [0, 0.05) is 6.07 Å². The van der Waals surface area contributed by atoms with Crippen LogP contribution in [-0.2, 0) is 0 Å². The van der Waals surface area contributed by atoms with Crippen LogP contribution in [0.5, 0.6) is 11.5 Å². The molecule has 0 fully saturated rings. The number of benzene rings is 1. The Bertz CT molecular complexity index is 608. The Morgan fingerprint density at radius 2 is 2.05 bits per heavy atom. The highest BCUT2D eigenvalue weighted by molar-refractivity contribution is 5.66. The lowest BCUT2D eigenvalue weighted by Crippen LogP contribution is -2.12. The topological polar surface area (TPSA) is 94.3 Å². The number of hydrogen-bond acceptors (Lipinski definition) is 7. The summed E-state index contributed by atoms with van der Waals surface area (Å²) in [6.07, 6.45) is 1.01. The van der Waals surface area contributed by atoms with Crippen molar-refractivity contribution in [3.63, 3.8) is 0 Å². The predicted molar refractivity (Wildman–Crippen MR) is 72.6 cm³/mol. The summed E-state index contributed by atoms with van der Waals surface area (Å²) in [5.74, 6) is 5.78. The lowest BCUT2D eigenvalue weighted by Gasteiger charge is -2.12. The van der Waals surface area contributed by atoms with Crippen LogP contribution in [0.3, 0.4) is 0 Å². The minimum absolute atomic E-state index is 0.0172. The van der Waals surface area contributed by atoms with Crippen molar-refractivity contribution in [1.82, 2.24) is 9.97 Å². The first-order valence-corrected chi connectivity index (χ1v) is 5.66. The number of nitrogen functional groups attached to an aromatic ring is 1. The van der Waals surface area contributed by atoms with E-state index in [0.717, 1.165) is 6.20 Å². The normalized spacial score (nSPS) is 10.0. The maximum atomic E-state index is 13.7. The van der Waals surface area contributed by atoms with Crippen LogP contribution in [0.4, 0.5) is 21.8 Å². The molecule has 1 aromatic heterocycles. The van der Waals surface area contributed by atoms with Crippen LogP contribution in [0, 0.1) is 5.82 Å². The molecule has 2 aromatic rings. The first kappa shape index (κ1) is 13.8. The van der Waals surface area contributed by atoms with Gasteiger partial charge in [-0.25, -0.2) is 15.2 Å². The monoisotopic (exact) mass is 279 g/mol. The molecule has 4 N–H and O–H groups in total. The molecule has 0 radical (unpaired) electrons. The molecule has 0 saturated carbocycles. The van der Waals surface area contributed by atoms with Gasteiger partial charge in [-0.05, 0) is 12.1 Å². The van der Waals surface area contributed by atoms with Gasteiger partial charge in [-0.1, -0.05) is 0 Å². The van der Waals surface area contributed by atoms with Crippen molar-refractivity contribution in [2.75, 3.05) is 25.0 Å². The van der Waals surface area contributed by atoms with Crippen molar-refractivity contribution in [3.8, 4) is 11.5 Å². The standard InChI is InChI=1S/C12H14FN5O2/c1-19-7-3-4-9(10(5-7)20-2)16-11-8(13)6-15-12(17-11)18-14/h3-6H,14H2,1-2H3,(H2,15,16,17,18). The van der Waals surface area contributed by atoms with E-state index < -0.39 is 5.82 Å². The van der Waals surface area contributed by atoms with E-state index in [2.05, 4.69) is 20.7 Å². The van der Waals surface area contributed by atoms with Gasteiger partial charge in [-0.3, -0.25) is 5.43 Å². The zero-order valence-electron chi connectivity index (χ0n) is 11.0. The highest BCUT2D eigenvalue weighted by atomic mass is 19.1. The number of anilines is 3. The fourth-order valence-corrected chi connectivity index (χ4v) is 1.55. The number of methoxy groups -OCH3 is 2. The number of ether oxygens (including phenoxy) is 2. The first-order chi connectivity index (χ1) is 9.67. The van der Waals surface area contributed by atoms with Gasteiger partial charge in [0.15, 0.2) is 11.6 Å². The Kier molecular flexibility index (Phi) is 4.16. The van der Waals surface area contributed by atoms with Gasteiger partial charge < -0.3 is 14.8 Å². The van der Waals surface area contributed by atoms with Crippen LogP contribution in [0.2, 0.25) is 0 Å². The Balaban J connectivity index is 2.34. The molecule has 0 atom stereocenters. The van der Waals surface area contributed by atoms with Crippen LogP contribution in [0.15, 0.2) is 24.4 Å². The van der Waals surface area contributed by atoms with E-state index in [4.69, 9.17) is 15.3 Å². The molecule has 106 valence electrons. The van der Waals surface area contributed by atoms with Gasteiger partial charge in [-0.2, -0.15) is 4.98 Å². The molecule has 7 nitrogen and oxygen atoms in total. The fraction of sp³-hybridized carbons (Fsp3) is 0.167. The van der Waals surface area contributed by atoms with Gasteiger partial charge in [0.2, 0.25) is 5.95 Å². The Morgan fingerprint density at radius 3 is 2.70 bits per heavy atom. The Hall–Kier alpha value is -2.61. The minimum Gasteiger partial charge on any atom is -0.497 e. The summed E-state index contributed by atoms with van der Waals surface area (Å²) < 4.78 is 23.9. The Morgan fingerprint density at radius 1 is 1.25 bits per heavy atom. The van der Waals surface area contributed by atoms with Crippen LogP contribution >= 0.6 is 0 Å². The third kappa shape index (κ3) is 2.86. The zero-order chi connectivity index (χ0) is 14.5.